The van der Waals surface area contributed by atoms with Gasteiger partial charge in [-0.1, -0.05) is 38.1 Å². The molecule has 0 aliphatic carbocycles. The van der Waals surface area contributed by atoms with Crippen molar-refractivity contribution in [3.05, 3.63) is 70.2 Å². The molecule has 32 heavy (non-hydrogen) atoms. The Morgan fingerprint density at radius 2 is 2.00 bits per heavy atom. The normalized spacial score (nSPS) is 13.6. The molecule has 8 nitrogen and oxygen atoms in total. The lowest BCUT2D eigenvalue weighted by molar-refractivity contribution is 0.141. The predicted molar refractivity (Wildman–Crippen MR) is 130 cm³/mol. The molecule has 0 amide bonds. The average Bonchev–Trinajstić information content (AvgIpc) is 2.79. The monoisotopic (exact) mass is 434 g/mol. The minimum absolute atomic E-state index is 0.0377. The van der Waals surface area contributed by atoms with Gasteiger partial charge >= 0.3 is 0 Å². The van der Waals surface area contributed by atoms with Crippen molar-refractivity contribution in [2.45, 2.75) is 33.4 Å². The molecule has 2 aromatic heterocycles. The lowest BCUT2D eigenvalue weighted by Gasteiger charge is -2.23. The molecule has 0 spiro atoms. The summed E-state index contributed by atoms with van der Waals surface area (Å²) in [5.74, 6) is 0.425. The molecule has 0 radical (unpaired) electrons. The second-order valence-corrected chi connectivity index (χ2v) is 8.57. The molecule has 3 aromatic rings. The first-order chi connectivity index (χ1) is 15.2. The number of aromatic nitrogens is 3. The number of nitrogens with one attached hydrogen (secondary N) is 1. The van der Waals surface area contributed by atoms with Crippen LogP contribution in [-0.2, 0) is 6.54 Å². The summed E-state index contributed by atoms with van der Waals surface area (Å²) in [6.07, 6.45) is 5.12. The summed E-state index contributed by atoms with van der Waals surface area (Å²) in [5.41, 5.74) is 8.58. The first kappa shape index (κ1) is 23.1. The highest BCUT2D eigenvalue weighted by Crippen LogP contribution is 2.22. The molecule has 168 valence electrons. The van der Waals surface area contributed by atoms with Gasteiger partial charge in [-0.3, -0.25) is 14.4 Å². The van der Waals surface area contributed by atoms with Crippen LogP contribution in [0.2, 0.25) is 0 Å². The van der Waals surface area contributed by atoms with Crippen LogP contribution >= 0.6 is 0 Å². The molecule has 3 rings (SSSR count). The third kappa shape index (κ3) is 5.39. The zero-order valence-corrected chi connectivity index (χ0v) is 18.9. The summed E-state index contributed by atoms with van der Waals surface area (Å²) in [6.45, 7) is 6.13. The number of fused-ring (bicyclic) bond motifs is 1. The summed E-state index contributed by atoms with van der Waals surface area (Å²) in [5, 5.41) is 13.7. The summed E-state index contributed by atoms with van der Waals surface area (Å²) in [7, 11) is 1.70. The molecule has 0 aliphatic heterocycles. The van der Waals surface area contributed by atoms with Gasteiger partial charge in [0.25, 0.3) is 5.56 Å². The van der Waals surface area contributed by atoms with E-state index in [4.69, 9.17) is 5.73 Å². The topological polar surface area (TPSA) is 118 Å². The lowest BCUT2D eigenvalue weighted by atomic mass is 9.95. The average molecular weight is 435 g/mol. The second-order valence-electron chi connectivity index (χ2n) is 8.57. The zero-order chi connectivity index (χ0) is 23.3. The maximum atomic E-state index is 12.5. The minimum atomic E-state index is -0.453. The van der Waals surface area contributed by atoms with Gasteiger partial charge in [0.05, 0.1) is 6.04 Å². The fourth-order valence-corrected chi connectivity index (χ4v) is 3.26. The Kier molecular flexibility index (Phi) is 7.05. The third-order valence-corrected chi connectivity index (χ3v) is 5.23. The minimum Gasteiger partial charge on any atom is -0.398 e. The standard InChI is InChI=1S/C24H30N6O2/c1-16(17-5-7-18(8-6-17)20(25)11-12-26-4)28-23-27-13-19-9-10-21(32)30(22(19)29-23)14-24(2,3)15-31/h5-13,16,31H,14-15,25H2,1-4H3,(H,27,28,29)/b20-11-,26-12?/t16-/m0/s1. The van der Waals surface area contributed by atoms with Crippen LogP contribution in [0.5, 0.6) is 0 Å². The molecule has 0 bridgehead atoms. The fourth-order valence-electron chi connectivity index (χ4n) is 3.26. The molecule has 2 heterocycles. The number of benzene rings is 1. The quantitative estimate of drug-likeness (QED) is 0.469. The van der Waals surface area contributed by atoms with Crippen molar-refractivity contribution in [2.24, 2.45) is 16.1 Å². The molecule has 4 N–H and O–H groups in total. The first-order valence-corrected chi connectivity index (χ1v) is 10.5. The number of nitrogens with two attached hydrogens (primary N) is 1. The van der Waals surface area contributed by atoms with Gasteiger partial charge in [0.1, 0.15) is 5.65 Å². The van der Waals surface area contributed by atoms with Gasteiger partial charge in [-0.15, -0.1) is 0 Å². The lowest BCUT2D eigenvalue weighted by Crippen LogP contribution is -2.31. The van der Waals surface area contributed by atoms with E-state index >= 15 is 0 Å². The number of anilines is 1. The van der Waals surface area contributed by atoms with Crippen molar-refractivity contribution < 1.29 is 5.11 Å². The van der Waals surface area contributed by atoms with E-state index in [2.05, 4.69) is 20.3 Å². The van der Waals surface area contributed by atoms with Crippen LogP contribution in [0.4, 0.5) is 5.95 Å². The number of hydrogen-bond donors (Lipinski definition) is 3. The van der Waals surface area contributed by atoms with Crippen LogP contribution in [0.1, 0.15) is 37.9 Å². The van der Waals surface area contributed by atoms with Gasteiger partial charge in [-0.2, -0.15) is 4.98 Å². The highest BCUT2D eigenvalue weighted by molar-refractivity contribution is 5.83. The number of allylic oxidation sites excluding steroid dienone is 1. The van der Waals surface area contributed by atoms with Crippen molar-refractivity contribution in [2.75, 3.05) is 19.0 Å². The molecule has 1 atom stereocenters. The molecule has 0 fully saturated rings. The number of aliphatic hydroxyl groups excluding tert-OH is 1. The molecular formula is C24H30N6O2. The van der Waals surface area contributed by atoms with E-state index < -0.39 is 5.41 Å². The highest BCUT2D eigenvalue weighted by atomic mass is 16.3. The summed E-state index contributed by atoms with van der Waals surface area (Å²) in [4.78, 5) is 25.4. The van der Waals surface area contributed by atoms with Crippen LogP contribution in [0, 0.1) is 5.41 Å². The van der Waals surface area contributed by atoms with Gasteiger partial charge in [0.15, 0.2) is 0 Å². The molecule has 8 heteroatoms. The zero-order valence-electron chi connectivity index (χ0n) is 18.9. The molecular weight excluding hydrogens is 404 g/mol. The summed E-state index contributed by atoms with van der Waals surface area (Å²) in [6, 6.07) is 11.1. The number of aliphatic imine (C=N–C) groups is 1. The Morgan fingerprint density at radius 3 is 2.66 bits per heavy atom. The molecule has 0 saturated heterocycles. The van der Waals surface area contributed by atoms with Crippen molar-refractivity contribution in [1.29, 1.82) is 0 Å². The van der Waals surface area contributed by atoms with E-state index in [0.29, 0.717) is 23.8 Å². The SMILES string of the molecule is CN=C/C=C(\N)c1ccc([C@H](C)Nc2ncc3ccc(=O)n(CC(C)(C)CO)c3n2)cc1. The van der Waals surface area contributed by atoms with Crippen LogP contribution in [0.25, 0.3) is 16.7 Å². The van der Waals surface area contributed by atoms with Crippen molar-refractivity contribution in [3.63, 3.8) is 0 Å². The maximum absolute atomic E-state index is 12.5. The fraction of sp³-hybridized carbons (Fsp3) is 0.333. The second kappa shape index (κ2) is 9.74. The number of nitrogens with zero attached hydrogens (tertiary/aromatic N) is 4. The van der Waals surface area contributed by atoms with Gasteiger partial charge in [0.2, 0.25) is 5.95 Å². The smallest absolute Gasteiger partial charge is 0.252 e. The molecule has 1 aromatic carbocycles. The summed E-state index contributed by atoms with van der Waals surface area (Å²) >= 11 is 0. The van der Waals surface area contributed by atoms with E-state index in [1.807, 2.05) is 45.0 Å². The van der Waals surface area contributed by atoms with Crippen molar-refractivity contribution >= 4 is 28.9 Å². The van der Waals surface area contributed by atoms with Crippen LogP contribution < -0.4 is 16.6 Å². The van der Waals surface area contributed by atoms with E-state index in [1.54, 1.807) is 36.2 Å². The molecule has 0 unspecified atom stereocenters. The van der Waals surface area contributed by atoms with E-state index in [9.17, 15) is 9.90 Å². The number of rotatable bonds is 8. The Labute approximate surface area is 187 Å². The van der Waals surface area contributed by atoms with E-state index in [0.717, 1.165) is 16.5 Å². The third-order valence-electron chi connectivity index (χ3n) is 5.23. The largest absolute Gasteiger partial charge is 0.398 e. The number of hydrogen-bond acceptors (Lipinski definition) is 7. The Balaban J connectivity index is 1.86. The highest BCUT2D eigenvalue weighted by Gasteiger charge is 2.20. The van der Waals surface area contributed by atoms with Crippen molar-refractivity contribution in [3.8, 4) is 0 Å². The van der Waals surface area contributed by atoms with E-state index in [-0.39, 0.29) is 18.2 Å². The van der Waals surface area contributed by atoms with Crippen LogP contribution in [-0.4, -0.2) is 39.5 Å². The van der Waals surface area contributed by atoms with Gasteiger partial charge < -0.3 is 16.2 Å². The maximum Gasteiger partial charge on any atom is 0.252 e. The first-order valence-electron chi connectivity index (χ1n) is 10.5. The van der Waals surface area contributed by atoms with Gasteiger partial charge in [-0.25, -0.2) is 4.98 Å². The molecule has 0 saturated carbocycles. The number of aliphatic hydroxyl groups is 1. The van der Waals surface area contributed by atoms with Gasteiger partial charge in [-0.05, 0) is 30.2 Å². The number of pyridine rings is 1. The van der Waals surface area contributed by atoms with E-state index in [1.165, 1.54) is 6.07 Å². The van der Waals surface area contributed by atoms with Gasteiger partial charge in [0, 0.05) is 55.2 Å². The Bertz CT molecular complexity index is 1200. The van der Waals surface area contributed by atoms with Crippen LogP contribution in [0.15, 0.2) is 58.5 Å². The van der Waals surface area contributed by atoms with Crippen molar-refractivity contribution in [1.82, 2.24) is 14.5 Å². The Morgan fingerprint density at radius 1 is 1.28 bits per heavy atom. The predicted octanol–water partition coefficient (Wildman–Crippen LogP) is 2.98. The summed E-state index contributed by atoms with van der Waals surface area (Å²) < 4.78 is 1.59. The Hall–Kier alpha value is -3.52. The molecule has 0 aliphatic rings. The van der Waals surface area contributed by atoms with Crippen LogP contribution in [0.3, 0.4) is 0 Å².